The van der Waals surface area contributed by atoms with Crippen LogP contribution in [0.2, 0.25) is 0 Å². The number of fused-ring (bicyclic) bond motifs is 1. The SMILES string of the molecule is CC(CBr)N(C)c1ccc2nnnn2n1. The third kappa shape index (κ3) is 1.92. The summed E-state index contributed by atoms with van der Waals surface area (Å²) in [6, 6.07) is 4.12. The molecule has 0 aromatic carbocycles. The Morgan fingerprint density at radius 3 is 3.07 bits per heavy atom. The van der Waals surface area contributed by atoms with Gasteiger partial charge in [0.2, 0.25) is 0 Å². The summed E-state index contributed by atoms with van der Waals surface area (Å²) >= 11 is 3.44. The van der Waals surface area contributed by atoms with Gasteiger partial charge < -0.3 is 4.90 Å². The minimum absolute atomic E-state index is 0.367. The molecule has 2 heterocycles. The molecule has 6 nitrogen and oxygen atoms in total. The first-order valence-corrected chi connectivity index (χ1v) is 5.68. The summed E-state index contributed by atoms with van der Waals surface area (Å²) in [7, 11) is 1.99. The van der Waals surface area contributed by atoms with Crippen molar-refractivity contribution in [1.82, 2.24) is 25.3 Å². The Morgan fingerprint density at radius 2 is 2.33 bits per heavy atom. The largest absolute Gasteiger partial charge is 0.355 e. The van der Waals surface area contributed by atoms with E-state index in [1.807, 2.05) is 19.2 Å². The summed E-state index contributed by atoms with van der Waals surface area (Å²) in [5, 5.41) is 16.3. The van der Waals surface area contributed by atoms with Crippen LogP contribution in [0.25, 0.3) is 5.65 Å². The third-order valence-corrected chi connectivity index (χ3v) is 3.24. The lowest BCUT2D eigenvalue weighted by atomic mass is 10.3. The molecule has 7 heteroatoms. The maximum absolute atomic E-state index is 4.29. The van der Waals surface area contributed by atoms with E-state index >= 15 is 0 Å². The molecule has 0 amide bonds. The number of nitrogens with zero attached hydrogens (tertiary/aromatic N) is 6. The topological polar surface area (TPSA) is 59.2 Å². The number of hydrogen-bond acceptors (Lipinski definition) is 5. The van der Waals surface area contributed by atoms with E-state index in [9.17, 15) is 0 Å². The number of halogens is 1. The zero-order chi connectivity index (χ0) is 10.8. The first-order chi connectivity index (χ1) is 7.22. The van der Waals surface area contributed by atoms with Crippen LogP contribution in [0.1, 0.15) is 6.92 Å². The molecule has 0 radical (unpaired) electrons. The lowest BCUT2D eigenvalue weighted by Gasteiger charge is -2.23. The molecule has 0 bridgehead atoms. The number of hydrogen-bond donors (Lipinski definition) is 0. The zero-order valence-corrected chi connectivity index (χ0v) is 10.1. The number of anilines is 1. The number of rotatable bonds is 3. The second kappa shape index (κ2) is 4.09. The predicted octanol–water partition coefficient (Wildman–Crippen LogP) is 0.739. The second-order valence-electron chi connectivity index (χ2n) is 3.33. The fraction of sp³-hybridized carbons (Fsp3) is 0.500. The molecule has 0 fully saturated rings. The van der Waals surface area contributed by atoms with E-state index in [2.05, 4.69) is 48.4 Å². The predicted molar refractivity (Wildman–Crippen MR) is 60.2 cm³/mol. The molecule has 0 saturated heterocycles. The van der Waals surface area contributed by atoms with Gasteiger partial charge in [-0.05, 0) is 29.5 Å². The molecule has 0 aliphatic rings. The van der Waals surface area contributed by atoms with Gasteiger partial charge in [0.15, 0.2) is 11.5 Å². The van der Waals surface area contributed by atoms with E-state index in [0.717, 1.165) is 11.1 Å². The van der Waals surface area contributed by atoms with E-state index < -0.39 is 0 Å². The van der Waals surface area contributed by atoms with Gasteiger partial charge in [0.05, 0.1) is 0 Å². The Hall–Kier alpha value is -1.24. The van der Waals surface area contributed by atoms with Crippen LogP contribution in [0.15, 0.2) is 12.1 Å². The van der Waals surface area contributed by atoms with Gasteiger partial charge in [-0.1, -0.05) is 15.9 Å². The molecule has 15 heavy (non-hydrogen) atoms. The Kier molecular flexibility index (Phi) is 2.81. The minimum atomic E-state index is 0.367. The van der Waals surface area contributed by atoms with Crippen molar-refractivity contribution in [3.63, 3.8) is 0 Å². The van der Waals surface area contributed by atoms with Crippen molar-refractivity contribution in [2.24, 2.45) is 0 Å². The standard InChI is InChI=1S/C8H11BrN6/c1-6(5-9)14(2)8-4-3-7-10-12-13-15(7)11-8/h3-4,6H,5H2,1-2H3. The molecule has 2 rings (SSSR count). The lowest BCUT2D eigenvalue weighted by Crippen LogP contribution is -2.31. The minimum Gasteiger partial charge on any atom is -0.355 e. The van der Waals surface area contributed by atoms with Crippen LogP contribution in [0.3, 0.4) is 0 Å². The van der Waals surface area contributed by atoms with Gasteiger partial charge >= 0.3 is 0 Å². The van der Waals surface area contributed by atoms with Crippen LogP contribution in [0, 0.1) is 0 Å². The Bertz CT molecular complexity index is 455. The molecular formula is C8H11BrN6. The van der Waals surface area contributed by atoms with Crippen LogP contribution in [0.4, 0.5) is 5.82 Å². The second-order valence-corrected chi connectivity index (χ2v) is 3.98. The molecule has 2 aromatic rings. The van der Waals surface area contributed by atoms with E-state index in [0.29, 0.717) is 11.7 Å². The highest BCUT2D eigenvalue weighted by atomic mass is 79.9. The first kappa shape index (κ1) is 10.3. The third-order valence-electron chi connectivity index (χ3n) is 2.30. The molecular weight excluding hydrogens is 260 g/mol. The number of alkyl halides is 1. The monoisotopic (exact) mass is 270 g/mol. The normalized spacial score (nSPS) is 13.0. The molecule has 0 aliphatic carbocycles. The maximum Gasteiger partial charge on any atom is 0.200 e. The number of tetrazole rings is 1. The van der Waals surface area contributed by atoms with Gasteiger partial charge in [-0.3, -0.25) is 0 Å². The van der Waals surface area contributed by atoms with Crippen molar-refractivity contribution in [2.45, 2.75) is 13.0 Å². The molecule has 0 saturated carbocycles. The fourth-order valence-electron chi connectivity index (χ4n) is 1.16. The van der Waals surface area contributed by atoms with Crippen molar-refractivity contribution in [3.8, 4) is 0 Å². The van der Waals surface area contributed by atoms with Crippen LogP contribution in [0.5, 0.6) is 0 Å². The Labute approximate surface area is 95.4 Å². The van der Waals surface area contributed by atoms with Crippen molar-refractivity contribution in [3.05, 3.63) is 12.1 Å². The summed E-state index contributed by atoms with van der Waals surface area (Å²) in [6.45, 7) is 2.11. The van der Waals surface area contributed by atoms with Crippen LogP contribution < -0.4 is 4.90 Å². The smallest absolute Gasteiger partial charge is 0.200 e. The van der Waals surface area contributed by atoms with E-state index in [4.69, 9.17) is 0 Å². The van der Waals surface area contributed by atoms with Crippen LogP contribution in [-0.2, 0) is 0 Å². The van der Waals surface area contributed by atoms with Gasteiger partial charge in [-0.25, -0.2) is 0 Å². The summed E-state index contributed by atoms with van der Waals surface area (Å²) < 4.78 is 1.42. The zero-order valence-electron chi connectivity index (χ0n) is 8.50. The van der Waals surface area contributed by atoms with Gasteiger partial charge in [0.1, 0.15) is 0 Å². The quantitative estimate of drug-likeness (QED) is 0.770. The average molecular weight is 271 g/mol. The van der Waals surface area contributed by atoms with E-state index in [1.54, 1.807) is 0 Å². The van der Waals surface area contributed by atoms with E-state index in [-0.39, 0.29) is 0 Å². The highest BCUT2D eigenvalue weighted by Crippen LogP contribution is 2.12. The van der Waals surface area contributed by atoms with Crippen LogP contribution in [-0.4, -0.2) is 43.7 Å². The van der Waals surface area contributed by atoms with Gasteiger partial charge in [-0.2, -0.15) is 0 Å². The highest BCUT2D eigenvalue weighted by molar-refractivity contribution is 9.09. The summed E-state index contributed by atoms with van der Waals surface area (Å²) in [4.78, 5) is 2.07. The number of aromatic nitrogens is 5. The van der Waals surface area contributed by atoms with Gasteiger partial charge in [-0.15, -0.1) is 14.8 Å². The van der Waals surface area contributed by atoms with Gasteiger partial charge in [0.25, 0.3) is 0 Å². The van der Waals surface area contributed by atoms with Crippen LogP contribution >= 0.6 is 15.9 Å². The average Bonchev–Trinajstić information content (AvgIpc) is 2.73. The Morgan fingerprint density at radius 1 is 1.53 bits per heavy atom. The maximum atomic E-state index is 4.29. The first-order valence-electron chi connectivity index (χ1n) is 4.56. The summed E-state index contributed by atoms with van der Waals surface area (Å²) in [5.41, 5.74) is 0.652. The lowest BCUT2D eigenvalue weighted by molar-refractivity contribution is 0.696. The summed E-state index contributed by atoms with van der Waals surface area (Å²) in [5.74, 6) is 0.849. The highest BCUT2D eigenvalue weighted by Gasteiger charge is 2.10. The molecule has 1 unspecified atom stereocenters. The fourth-order valence-corrected chi connectivity index (χ4v) is 1.59. The Balaban J connectivity index is 2.35. The molecule has 0 N–H and O–H groups in total. The molecule has 0 spiro atoms. The van der Waals surface area contributed by atoms with E-state index in [1.165, 1.54) is 4.63 Å². The molecule has 0 aliphatic heterocycles. The van der Waals surface area contributed by atoms with Crippen molar-refractivity contribution in [1.29, 1.82) is 0 Å². The van der Waals surface area contributed by atoms with Crippen molar-refractivity contribution in [2.75, 3.05) is 17.3 Å². The van der Waals surface area contributed by atoms with Crippen molar-refractivity contribution < 1.29 is 0 Å². The van der Waals surface area contributed by atoms with Crippen molar-refractivity contribution >= 4 is 27.4 Å². The summed E-state index contributed by atoms with van der Waals surface area (Å²) in [6.07, 6.45) is 0. The molecule has 1 atom stereocenters. The van der Waals surface area contributed by atoms with Gasteiger partial charge in [0, 0.05) is 18.4 Å². The molecule has 2 aromatic heterocycles. The molecule has 80 valence electrons.